The molecule has 0 saturated heterocycles. The number of nitrogens with zero attached hydrogens (tertiary/aromatic N) is 2. The molecule has 0 fully saturated rings. The molecule has 0 bridgehead atoms. The second-order valence-corrected chi connectivity index (χ2v) is 5.18. The van der Waals surface area contributed by atoms with Gasteiger partial charge in [0.05, 0.1) is 24.2 Å². The Morgan fingerprint density at radius 3 is 2.69 bits per heavy atom. The Kier molecular flexibility index (Phi) is 8.20. The number of aliphatic hydroxyl groups excluding tert-OH is 1. The monoisotopic (exact) mass is 361 g/mol. The van der Waals surface area contributed by atoms with Gasteiger partial charge < -0.3 is 25.0 Å². The van der Waals surface area contributed by atoms with Gasteiger partial charge in [-0.25, -0.2) is 14.8 Å². The summed E-state index contributed by atoms with van der Waals surface area (Å²) in [5.41, 5.74) is 1.73. The molecular formula is C18H23N3O5. The third-order valence-corrected chi connectivity index (χ3v) is 3.31. The van der Waals surface area contributed by atoms with Crippen molar-refractivity contribution in [2.45, 2.75) is 13.8 Å². The highest BCUT2D eigenvalue weighted by atomic mass is 16.6. The van der Waals surface area contributed by atoms with Gasteiger partial charge in [-0.1, -0.05) is 19.2 Å². The summed E-state index contributed by atoms with van der Waals surface area (Å²) in [6.07, 6.45) is 4.63. The van der Waals surface area contributed by atoms with E-state index in [4.69, 9.17) is 9.47 Å². The molecule has 0 aliphatic heterocycles. The molecular weight excluding hydrogens is 338 g/mol. The highest BCUT2D eigenvalue weighted by Crippen LogP contribution is 2.24. The molecule has 1 aromatic rings. The van der Waals surface area contributed by atoms with Gasteiger partial charge in [-0.3, -0.25) is 0 Å². The van der Waals surface area contributed by atoms with Crippen LogP contribution in [0.5, 0.6) is 0 Å². The minimum atomic E-state index is -1.23. The molecule has 0 spiro atoms. The fraction of sp³-hybridized carbons (Fsp3) is 0.278. The summed E-state index contributed by atoms with van der Waals surface area (Å²) in [6.45, 7) is 10.9. The number of rotatable bonds is 10. The van der Waals surface area contributed by atoms with Crippen molar-refractivity contribution in [3.05, 3.63) is 65.5 Å². The predicted octanol–water partition coefficient (Wildman–Crippen LogP) is 2.41. The number of aromatic carboxylic acids is 1. The number of aromatic nitrogens is 2. The fourth-order valence-corrected chi connectivity index (χ4v) is 1.95. The molecule has 3 N–H and O–H groups in total. The van der Waals surface area contributed by atoms with Crippen LogP contribution in [0.2, 0.25) is 0 Å². The average molecular weight is 361 g/mol. The zero-order valence-electron chi connectivity index (χ0n) is 15.1. The van der Waals surface area contributed by atoms with Gasteiger partial charge in [0.15, 0.2) is 24.1 Å². The Balaban J connectivity index is 3.36. The molecule has 140 valence electrons. The lowest BCUT2D eigenvalue weighted by Gasteiger charge is -2.17. The summed E-state index contributed by atoms with van der Waals surface area (Å²) >= 11 is 0. The number of anilines is 1. The van der Waals surface area contributed by atoms with Gasteiger partial charge in [-0.15, -0.1) is 0 Å². The molecule has 0 amide bonds. The molecule has 0 aromatic carbocycles. The Hall–Kier alpha value is -2.97. The van der Waals surface area contributed by atoms with Gasteiger partial charge in [0, 0.05) is 12.7 Å². The van der Waals surface area contributed by atoms with Crippen molar-refractivity contribution in [3.8, 4) is 0 Å². The van der Waals surface area contributed by atoms with Crippen molar-refractivity contribution in [1.29, 1.82) is 0 Å². The number of ether oxygens (including phenoxy) is 2. The number of aryl methyl sites for hydroxylation is 1. The normalized spacial score (nSPS) is 12.2. The van der Waals surface area contributed by atoms with Crippen LogP contribution in [0, 0.1) is 6.92 Å². The molecule has 1 heterocycles. The molecule has 1 aromatic heterocycles. The summed E-state index contributed by atoms with van der Waals surface area (Å²) in [6, 6.07) is 0. The quantitative estimate of drug-likeness (QED) is 0.331. The van der Waals surface area contributed by atoms with Crippen molar-refractivity contribution in [1.82, 2.24) is 9.97 Å². The standard InChI is InChI=1S/C18H23N3O5/c1-6-14(16(26-10-22)13(4)11(2)7-8-25-5)21-17-15(18(23)24)20-12(3)9-19-17/h6-7,9,22H,1,4,8,10H2,2-3,5H3,(H,19,21)(H,23,24)/b11-7+,16-14-. The molecule has 0 unspecified atom stereocenters. The van der Waals surface area contributed by atoms with E-state index in [-0.39, 0.29) is 23.0 Å². The van der Waals surface area contributed by atoms with Gasteiger partial charge in [0.1, 0.15) is 0 Å². The predicted molar refractivity (Wildman–Crippen MR) is 97.5 cm³/mol. The van der Waals surface area contributed by atoms with Gasteiger partial charge in [-0.05, 0) is 25.5 Å². The Bertz CT molecular complexity index is 753. The average Bonchev–Trinajstić information content (AvgIpc) is 2.62. The van der Waals surface area contributed by atoms with E-state index >= 15 is 0 Å². The number of carbonyl (C=O) groups is 1. The smallest absolute Gasteiger partial charge is 0.358 e. The number of hydrogen-bond acceptors (Lipinski definition) is 7. The van der Waals surface area contributed by atoms with E-state index in [2.05, 4.69) is 28.4 Å². The first-order chi connectivity index (χ1) is 12.3. The second kappa shape index (κ2) is 10.1. The highest BCUT2D eigenvalue weighted by molar-refractivity contribution is 5.91. The van der Waals surface area contributed by atoms with Crippen LogP contribution < -0.4 is 5.32 Å². The maximum absolute atomic E-state index is 11.4. The molecule has 1 rings (SSSR count). The summed E-state index contributed by atoms with van der Waals surface area (Å²) in [7, 11) is 1.56. The first-order valence-electron chi connectivity index (χ1n) is 7.65. The van der Waals surface area contributed by atoms with Gasteiger partial charge in [0.25, 0.3) is 0 Å². The zero-order valence-corrected chi connectivity index (χ0v) is 15.1. The molecule has 0 aliphatic carbocycles. The maximum Gasteiger partial charge on any atom is 0.358 e. The first kappa shape index (κ1) is 21.1. The van der Waals surface area contributed by atoms with Crippen LogP contribution in [-0.2, 0) is 9.47 Å². The molecule has 26 heavy (non-hydrogen) atoms. The third kappa shape index (κ3) is 5.54. The van der Waals surface area contributed by atoms with Gasteiger partial charge >= 0.3 is 5.97 Å². The van der Waals surface area contributed by atoms with Gasteiger partial charge in [-0.2, -0.15) is 0 Å². The van der Waals surface area contributed by atoms with Gasteiger partial charge in [0.2, 0.25) is 0 Å². The number of aliphatic hydroxyl groups is 1. The summed E-state index contributed by atoms with van der Waals surface area (Å²) < 4.78 is 10.3. The largest absolute Gasteiger partial charge is 0.476 e. The van der Waals surface area contributed by atoms with Crippen molar-refractivity contribution < 1.29 is 24.5 Å². The number of nitrogens with one attached hydrogen (secondary N) is 1. The number of hydrogen-bond donors (Lipinski definition) is 3. The molecule has 8 nitrogen and oxygen atoms in total. The lowest BCUT2D eigenvalue weighted by molar-refractivity contribution is 0.0454. The van der Waals surface area contributed by atoms with E-state index in [1.165, 1.54) is 12.3 Å². The molecule has 0 aliphatic rings. The summed E-state index contributed by atoms with van der Waals surface area (Å²) in [5, 5.41) is 21.4. The number of carboxylic acid groups (broad SMARTS) is 1. The fourth-order valence-electron chi connectivity index (χ4n) is 1.95. The SMILES string of the molecule is C=C/C(Nc1ncc(C)nc1C(=O)O)=C(/OCO)C(=C)/C(C)=C/COC. The molecule has 0 saturated carbocycles. The lowest BCUT2D eigenvalue weighted by Crippen LogP contribution is -2.13. The van der Waals surface area contributed by atoms with Crippen LogP contribution in [0.1, 0.15) is 23.1 Å². The number of methoxy groups -OCH3 is 1. The van der Waals surface area contributed by atoms with Crippen LogP contribution in [-0.4, -0.2) is 46.7 Å². The maximum atomic E-state index is 11.4. The summed E-state index contributed by atoms with van der Waals surface area (Å²) in [4.78, 5) is 19.4. The van der Waals surface area contributed by atoms with Crippen molar-refractivity contribution in [2.75, 3.05) is 25.8 Å². The minimum Gasteiger partial charge on any atom is -0.476 e. The second-order valence-electron chi connectivity index (χ2n) is 5.18. The third-order valence-electron chi connectivity index (χ3n) is 3.31. The topological polar surface area (TPSA) is 114 Å². The Morgan fingerprint density at radius 1 is 1.46 bits per heavy atom. The lowest BCUT2D eigenvalue weighted by atomic mass is 10.1. The van der Waals surface area contributed by atoms with Crippen LogP contribution in [0.25, 0.3) is 0 Å². The van der Waals surface area contributed by atoms with Crippen molar-refractivity contribution in [3.63, 3.8) is 0 Å². The van der Waals surface area contributed by atoms with E-state index < -0.39 is 12.8 Å². The number of carboxylic acids is 1. The van der Waals surface area contributed by atoms with E-state index in [1.807, 2.05) is 0 Å². The van der Waals surface area contributed by atoms with Crippen LogP contribution >= 0.6 is 0 Å². The molecule has 0 atom stereocenters. The number of allylic oxidation sites excluding steroid dienone is 2. The van der Waals surface area contributed by atoms with Crippen LogP contribution in [0.4, 0.5) is 5.82 Å². The Labute approximate surface area is 152 Å². The van der Waals surface area contributed by atoms with Crippen molar-refractivity contribution >= 4 is 11.8 Å². The van der Waals surface area contributed by atoms with E-state index in [9.17, 15) is 15.0 Å². The Morgan fingerprint density at radius 2 is 2.15 bits per heavy atom. The first-order valence-corrected chi connectivity index (χ1v) is 7.65. The zero-order chi connectivity index (χ0) is 19.7. The molecule has 8 heteroatoms. The van der Waals surface area contributed by atoms with Crippen molar-refractivity contribution in [2.24, 2.45) is 0 Å². The highest BCUT2D eigenvalue weighted by Gasteiger charge is 2.18. The van der Waals surface area contributed by atoms with E-state index in [1.54, 1.807) is 27.0 Å². The van der Waals surface area contributed by atoms with Crippen LogP contribution in [0.15, 0.2) is 54.1 Å². The minimum absolute atomic E-state index is 0.0170. The van der Waals surface area contributed by atoms with E-state index in [0.717, 1.165) is 5.57 Å². The molecule has 0 radical (unpaired) electrons. The van der Waals surface area contributed by atoms with E-state index in [0.29, 0.717) is 17.9 Å². The van der Waals surface area contributed by atoms with Crippen LogP contribution in [0.3, 0.4) is 0 Å². The summed E-state index contributed by atoms with van der Waals surface area (Å²) in [5.74, 6) is -1.01.